The molecular weight excluding hydrogens is 219 g/mol. The van der Waals surface area contributed by atoms with E-state index < -0.39 is 12.3 Å². The maximum Gasteiger partial charge on any atom is 0.418 e. The Morgan fingerprint density at radius 1 is 1.38 bits per heavy atom. The van der Waals surface area contributed by atoms with E-state index in [-0.39, 0.29) is 5.56 Å². The smallest absolute Gasteiger partial charge is 0.367 e. The summed E-state index contributed by atoms with van der Waals surface area (Å²) in [6.45, 7) is 0.530. The molecule has 1 N–H and O–H groups in total. The summed E-state index contributed by atoms with van der Waals surface area (Å²) in [5.74, 6) is 0. The monoisotopic (exact) mass is 233 g/mol. The van der Waals surface area contributed by atoms with Crippen LogP contribution in [0.2, 0.25) is 0 Å². The zero-order chi connectivity index (χ0) is 12.2. The fraction of sp³-hybridized carbons (Fsp3) is 0.455. The third kappa shape index (κ3) is 3.21. The highest BCUT2D eigenvalue weighted by molar-refractivity contribution is 5.26. The van der Waals surface area contributed by atoms with E-state index in [1.54, 1.807) is 19.2 Å². The number of methoxy groups -OCH3 is 1. The normalized spacial score (nSPS) is 13.8. The van der Waals surface area contributed by atoms with E-state index in [2.05, 4.69) is 10.1 Å². The molecule has 0 aliphatic heterocycles. The van der Waals surface area contributed by atoms with Crippen molar-refractivity contribution in [2.24, 2.45) is 0 Å². The maximum absolute atomic E-state index is 12.6. The van der Waals surface area contributed by atoms with Crippen LogP contribution < -0.4 is 5.32 Å². The van der Waals surface area contributed by atoms with Crippen LogP contribution in [0.1, 0.15) is 17.2 Å². The Morgan fingerprint density at radius 2 is 2.06 bits per heavy atom. The second-order valence-electron chi connectivity index (χ2n) is 3.43. The van der Waals surface area contributed by atoms with E-state index in [1.165, 1.54) is 12.1 Å². The lowest BCUT2D eigenvalue weighted by molar-refractivity contribution is -0.215. The van der Waals surface area contributed by atoms with Crippen molar-refractivity contribution in [3.8, 4) is 0 Å². The fourth-order valence-electron chi connectivity index (χ4n) is 1.53. The number of halogens is 3. The molecule has 1 aromatic carbocycles. The summed E-state index contributed by atoms with van der Waals surface area (Å²) >= 11 is 0. The van der Waals surface area contributed by atoms with Crippen LogP contribution in [0.25, 0.3) is 0 Å². The van der Waals surface area contributed by atoms with E-state index in [4.69, 9.17) is 0 Å². The van der Waals surface area contributed by atoms with Gasteiger partial charge in [0.25, 0.3) is 0 Å². The molecule has 16 heavy (non-hydrogen) atoms. The third-order valence-electron chi connectivity index (χ3n) is 2.17. The van der Waals surface area contributed by atoms with Gasteiger partial charge >= 0.3 is 6.18 Å². The van der Waals surface area contributed by atoms with Gasteiger partial charge in [0.1, 0.15) is 0 Å². The molecule has 0 fully saturated rings. The minimum atomic E-state index is -4.38. The zero-order valence-electron chi connectivity index (χ0n) is 9.14. The molecule has 0 amide bonds. The average Bonchev–Trinajstić information content (AvgIpc) is 2.17. The minimum Gasteiger partial charge on any atom is -0.367 e. The first kappa shape index (κ1) is 13.0. The Bertz CT molecular complexity index is 338. The Morgan fingerprint density at radius 3 is 2.56 bits per heavy atom. The lowest BCUT2D eigenvalue weighted by atomic mass is 10.1. The van der Waals surface area contributed by atoms with Crippen LogP contribution in [-0.2, 0) is 11.3 Å². The van der Waals surface area contributed by atoms with Crippen molar-refractivity contribution in [1.29, 1.82) is 0 Å². The van der Waals surface area contributed by atoms with Gasteiger partial charge < -0.3 is 10.1 Å². The van der Waals surface area contributed by atoms with Crippen molar-refractivity contribution in [1.82, 2.24) is 5.32 Å². The summed E-state index contributed by atoms with van der Waals surface area (Å²) in [5.41, 5.74) is 0.925. The van der Waals surface area contributed by atoms with Crippen LogP contribution in [0.5, 0.6) is 0 Å². The van der Waals surface area contributed by atoms with Gasteiger partial charge in [0.2, 0.25) is 0 Å². The average molecular weight is 233 g/mol. The first-order valence-corrected chi connectivity index (χ1v) is 4.82. The molecule has 0 bridgehead atoms. The van der Waals surface area contributed by atoms with Crippen molar-refractivity contribution in [2.45, 2.75) is 18.8 Å². The zero-order valence-corrected chi connectivity index (χ0v) is 9.14. The van der Waals surface area contributed by atoms with Gasteiger partial charge in [-0.1, -0.05) is 24.3 Å². The summed E-state index contributed by atoms with van der Waals surface area (Å²) in [6, 6.07) is 6.28. The highest BCUT2D eigenvalue weighted by Gasteiger charge is 2.41. The van der Waals surface area contributed by atoms with Crippen LogP contribution in [0.15, 0.2) is 24.3 Å². The van der Waals surface area contributed by atoms with Gasteiger partial charge in [-0.3, -0.25) is 0 Å². The summed E-state index contributed by atoms with van der Waals surface area (Å²) in [6.07, 6.45) is -6.24. The lowest BCUT2D eigenvalue weighted by Crippen LogP contribution is -2.22. The largest absolute Gasteiger partial charge is 0.418 e. The standard InChI is InChI=1S/C11H14F3NO/c1-15-7-8-4-3-5-9(6-8)10(16-2)11(12,13)14/h3-6,10,15H,7H2,1-2H3. The van der Waals surface area contributed by atoms with E-state index in [0.717, 1.165) is 12.7 Å². The first-order chi connectivity index (χ1) is 7.49. The molecule has 1 aromatic rings. The number of hydrogen-bond acceptors (Lipinski definition) is 2. The number of rotatable bonds is 4. The highest BCUT2D eigenvalue weighted by Crippen LogP contribution is 2.35. The van der Waals surface area contributed by atoms with E-state index in [9.17, 15) is 13.2 Å². The summed E-state index contributed by atoms with van der Waals surface area (Å²) in [7, 11) is 2.80. The lowest BCUT2D eigenvalue weighted by Gasteiger charge is -2.19. The predicted molar refractivity (Wildman–Crippen MR) is 55.0 cm³/mol. The predicted octanol–water partition coefficient (Wildman–Crippen LogP) is 2.66. The molecule has 5 heteroatoms. The van der Waals surface area contributed by atoms with Gasteiger partial charge in [-0.25, -0.2) is 0 Å². The van der Waals surface area contributed by atoms with Crippen molar-refractivity contribution in [2.75, 3.05) is 14.2 Å². The number of nitrogens with one attached hydrogen (secondary N) is 1. The highest BCUT2D eigenvalue weighted by atomic mass is 19.4. The molecule has 0 aromatic heterocycles. The van der Waals surface area contributed by atoms with E-state index >= 15 is 0 Å². The third-order valence-corrected chi connectivity index (χ3v) is 2.17. The van der Waals surface area contributed by atoms with Crippen LogP contribution in [0.3, 0.4) is 0 Å². The second-order valence-corrected chi connectivity index (χ2v) is 3.43. The summed E-state index contributed by atoms with van der Waals surface area (Å²) in [4.78, 5) is 0. The Hall–Kier alpha value is -1.07. The number of alkyl halides is 3. The van der Waals surface area contributed by atoms with Crippen molar-refractivity contribution in [3.05, 3.63) is 35.4 Å². The van der Waals surface area contributed by atoms with Gasteiger partial charge in [-0.2, -0.15) is 13.2 Å². The van der Waals surface area contributed by atoms with E-state index in [1.807, 2.05) is 0 Å². The van der Waals surface area contributed by atoms with E-state index in [0.29, 0.717) is 6.54 Å². The van der Waals surface area contributed by atoms with Crippen LogP contribution >= 0.6 is 0 Å². The molecular formula is C11H14F3NO. The Labute approximate surface area is 92.4 Å². The molecule has 1 rings (SSSR count). The molecule has 0 heterocycles. The molecule has 0 aliphatic rings. The van der Waals surface area contributed by atoms with Gasteiger partial charge in [0.05, 0.1) is 0 Å². The molecule has 2 nitrogen and oxygen atoms in total. The topological polar surface area (TPSA) is 21.3 Å². The van der Waals surface area contributed by atoms with Crippen molar-refractivity contribution >= 4 is 0 Å². The SMILES string of the molecule is CNCc1cccc(C(OC)C(F)(F)F)c1. The molecule has 0 saturated carbocycles. The molecule has 1 unspecified atom stereocenters. The fourth-order valence-corrected chi connectivity index (χ4v) is 1.53. The Balaban J connectivity index is 2.97. The summed E-state index contributed by atoms with van der Waals surface area (Å²) in [5, 5.41) is 2.88. The molecule has 0 spiro atoms. The van der Waals surface area contributed by atoms with Gasteiger partial charge in [0, 0.05) is 13.7 Å². The minimum absolute atomic E-state index is 0.128. The molecule has 0 saturated heterocycles. The second kappa shape index (κ2) is 5.32. The molecule has 1 atom stereocenters. The van der Waals surface area contributed by atoms with Crippen LogP contribution in [0, 0.1) is 0 Å². The first-order valence-electron chi connectivity index (χ1n) is 4.82. The van der Waals surface area contributed by atoms with Crippen LogP contribution in [0.4, 0.5) is 13.2 Å². The van der Waals surface area contributed by atoms with Crippen molar-refractivity contribution in [3.63, 3.8) is 0 Å². The number of benzene rings is 1. The quantitative estimate of drug-likeness (QED) is 0.863. The van der Waals surface area contributed by atoms with Gasteiger partial charge in [-0.15, -0.1) is 0 Å². The Kier molecular flexibility index (Phi) is 4.32. The molecule has 0 aliphatic carbocycles. The number of ether oxygens (including phenoxy) is 1. The van der Waals surface area contributed by atoms with Crippen LogP contribution in [-0.4, -0.2) is 20.3 Å². The summed E-state index contributed by atoms with van der Waals surface area (Å²) < 4.78 is 42.2. The molecule has 90 valence electrons. The van der Waals surface area contributed by atoms with Gasteiger partial charge in [0.15, 0.2) is 6.10 Å². The number of hydrogen-bond donors (Lipinski definition) is 1. The van der Waals surface area contributed by atoms with Gasteiger partial charge in [-0.05, 0) is 18.2 Å². The maximum atomic E-state index is 12.6. The van der Waals surface area contributed by atoms with Crippen molar-refractivity contribution < 1.29 is 17.9 Å². The molecule has 0 radical (unpaired) electrons.